The van der Waals surface area contributed by atoms with E-state index in [1.165, 1.54) is 21.6 Å². The van der Waals surface area contributed by atoms with Crippen LogP contribution in [0.15, 0.2) is 24.3 Å². The summed E-state index contributed by atoms with van der Waals surface area (Å²) in [6.07, 6.45) is 0.954. The minimum atomic E-state index is 0.510. The molecule has 3 rings (SSSR count). The SMILES string of the molecule is CCc1sc2nc(NC)nc(Cl)c2c1-c1ccc(C)cc1. The molecule has 0 radical (unpaired) electrons. The van der Waals surface area contributed by atoms with Crippen LogP contribution in [0, 0.1) is 6.92 Å². The molecular formula is C16H16ClN3S. The minimum Gasteiger partial charge on any atom is -0.357 e. The molecular weight excluding hydrogens is 302 g/mol. The van der Waals surface area contributed by atoms with Crippen LogP contribution in [0.4, 0.5) is 5.95 Å². The van der Waals surface area contributed by atoms with Crippen LogP contribution in [0.2, 0.25) is 5.15 Å². The van der Waals surface area contributed by atoms with Gasteiger partial charge in [0.1, 0.15) is 9.98 Å². The summed E-state index contributed by atoms with van der Waals surface area (Å²) in [6.45, 7) is 4.24. The van der Waals surface area contributed by atoms with Gasteiger partial charge in [0, 0.05) is 17.5 Å². The molecule has 0 aliphatic rings. The van der Waals surface area contributed by atoms with Gasteiger partial charge in [0.25, 0.3) is 0 Å². The zero-order valence-electron chi connectivity index (χ0n) is 12.2. The molecule has 2 heterocycles. The predicted molar refractivity (Wildman–Crippen MR) is 91.5 cm³/mol. The fourth-order valence-corrected chi connectivity index (χ4v) is 3.84. The van der Waals surface area contributed by atoms with Gasteiger partial charge >= 0.3 is 0 Å². The third kappa shape index (κ3) is 2.49. The second-order valence-electron chi connectivity index (χ2n) is 4.89. The van der Waals surface area contributed by atoms with Crippen molar-refractivity contribution >= 4 is 39.1 Å². The fourth-order valence-electron chi connectivity index (χ4n) is 2.39. The van der Waals surface area contributed by atoms with Crippen LogP contribution in [0.25, 0.3) is 21.3 Å². The Hall–Kier alpha value is -1.65. The summed E-state index contributed by atoms with van der Waals surface area (Å²) >= 11 is 8.10. The van der Waals surface area contributed by atoms with E-state index in [0.717, 1.165) is 16.6 Å². The van der Waals surface area contributed by atoms with Gasteiger partial charge < -0.3 is 5.32 Å². The number of nitrogens with zero attached hydrogens (tertiary/aromatic N) is 2. The van der Waals surface area contributed by atoms with Crippen molar-refractivity contribution < 1.29 is 0 Å². The predicted octanol–water partition coefficient (Wildman–Crippen LogP) is 4.92. The smallest absolute Gasteiger partial charge is 0.225 e. The van der Waals surface area contributed by atoms with E-state index in [4.69, 9.17) is 11.6 Å². The van der Waals surface area contributed by atoms with Gasteiger partial charge in [0.15, 0.2) is 0 Å². The van der Waals surface area contributed by atoms with Gasteiger partial charge in [-0.1, -0.05) is 48.4 Å². The molecule has 2 aromatic heterocycles. The molecule has 0 saturated carbocycles. The van der Waals surface area contributed by atoms with Gasteiger partial charge in [-0.2, -0.15) is 0 Å². The van der Waals surface area contributed by atoms with Crippen molar-refractivity contribution in [3.8, 4) is 11.1 Å². The van der Waals surface area contributed by atoms with Crippen molar-refractivity contribution in [2.45, 2.75) is 20.3 Å². The van der Waals surface area contributed by atoms with Gasteiger partial charge in [0.2, 0.25) is 5.95 Å². The number of thiophene rings is 1. The fraction of sp³-hybridized carbons (Fsp3) is 0.250. The molecule has 0 bridgehead atoms. The third-order valence-corrected chi connectivity index (χ3v) is 4.97. The number of rotatable bonds is 3. The molecule has 1 aromatic carbocycles. The Balaban J connectivity index is 2.32. The van der Waals surface area contributed by atoms with E-state index in [9.17, 15) is 0 Å². The van der Waals surface area contributed by atoms with E-state index in [1.54, 1.807) is 18.4 Å². The molecule has 0 amide bonds. The number of hydrogen-bond donors (Lipinski definition) is 1. The Labute approximate surface area is 133 Å². The van der Waals surface area contributed by atoms with Crippen LogP contribution >= 0.6 is 22.9 Å². The van der Waals surface area contributed by atoms with Crippen LogP contribution in [-0.4, -0.2) is 17.0 Å². The molecule has 0 spiro atoms. The largest absolute Gasteiger partial charge is 0.357 e. The molecule has 108 valence electrons. The van der Waals surface area contributed by atoms with Gasteiger partial charge in [-0.05, 0) is 18.9 Å². The van der Waals surface area contributed by atoms with Gasteiger partial charge in [0.05, 0.1) is 5.39 Å². The molecule has 3 aromatic rings. The normalized spacial score (nSPS) is 11.0. The molecule has 0 fully saturated rings. The molecule has 5 heteroatoms. The molecule has 0 atom stereocenters. The van der Waals surface area contributed by atoms with Crippen LogP contribution in [-0.2, 0) is 6.42 Å². The summed E-state index contributed by atoms with van der Waals surface area (Å²) in [4.78, 5) is 11.1. The Bertz CT molecular complexity index is 793. The monoisotopic (exact) mass is 317 g/mol. The molecule has 0 aliphatic carbocycles. The van der Waals surface area contributed by atoms with Gasteiger partial charge in [-0.25, -0.2) is 9.97 Å². The molecule has 0 aliphatic heterocycles. The lowest BCUT2D eigenvalue weighted by molar-refractivity contribution is 1.19. The number of aryl methyl sites for hydroxylation is 2. The minimum absolute atomic E-state index is 0.510. The third-order valence-electron chi connectivity index (χ3n) is 3.47. The van der Waals surface area contributed by atoms with E-state index in [1.807, 2.05) is 0 Å². The number of fused-ring (bicyclic) bond motifs is 1. The zero-order chi connectivity index (χ0) is 15.0. The topological polar surface area (TPSA) is 37.8 Å². The quantitative estimate of drug-likeness (QED) is 0.696. The lowest BCUT2D eigenvalue weighted by Gasteiger charge is -2.05. The number of anilines is 1. The highest BCUT2D eigenvalue weighted by Gasteiger charge is 2.18. The first-order valence-electron chi connectivity index (χ1n) is 6.87. The first-order valence-corrected chi connectivity index (χ1v) is 8.07. The van der Waals surface area contributed by atoms with Crippen molar-refractivity contribution in [1.82, 2.24) is 9.97 Å². The summed E-state index contributed by atoms with van der Waals surface area (Å²) in [7, 11) is 1.80. The number of aromatic nitrogens is 2. The Morgan fingerprint density at radius 2 is 1.90 bits per heavy atom. The van der Waals surface area contributed by atoms with Gasteiger partial charge in [-0.15, -0.1) is 11.3 Å². The summed E-state index contributed by atoms with van der Waals surface area (Å²) in [5, 5.41) is 4.42. The van der Waals surface area contributed by atoms with Crippen LogP contribution < -0.4 is 5.32 Å². The van der Waals surface area contributed by atoms with E-state index in [0.29, 0.717) is 11.1 Å². The van der Waals surface area contributed by atoms with Crippen molar-refractivity contribution in [1.29, 1.82) is 0 Å². The molecule has 0 saturated heterocycles. The van der Waals surface area contributed by atoms with Crippen molar-refractivity contribution in [3.63, 3.8) is 0 Å². The lowest BCUT2D eigenvalue weighted by Crippen LogP contribution is -1.96. The highest BCUT2D eigenvalue weighted by atomic mass is 35.5. The number of hydrogen-bond acceptors (Lipinski definition) is 4. The van der Waals surface area contributed by atoms with E-state index >= 15 is 0 Å². The average molecular weight is 318 g/mol. The van der Waals surface area contributed by atoms with Crippen molar-refractivity contribution in [2.24, 2.45) is 0 Å². The molecule has 21 heavy (non-hydrogen) atoms. The first-order chi connectivity index (χ1) is 10.1. The van der Waals surface area contributed by atoms with E-state index < -0.39 is 0 Å². The first kappa shape index (κ1) is 14.3. The van der Waals surface area contributed by atoms with Crippen molar-refractivity contribution in [2.75, 3.05) is 12.4 Å². The van der Waals surface area contributed by atoms with Crippen molar-refractivity contribution in [3.05, 3.63) is 39.9 Å². The average Bonchev–Trinajstić information content (AvgIpc) is 2.87. The summed E-state index contributed by atoms with van der Waals surface area (Å²) in [6, 6.07) is 8.51. The molecule has 3 nitrogen and oxygen atoms in total. The zero-order valence-corrected chi connectivity index (χ0v) is 13.8. The summed E-state index contributed by atoms with van der Waals surface area (Å²) < 4.78 is 0. The maximum absolute atomic E-state index is 6.41. The molecule has 1 N–H and O–H groups in total. The second kappa shape index (κ2) is 5.62. The highest BCUT2D eigenvalue weighted by molar-refractivity contribution is 7.19. The van der Waals surface area contributed by atoms with E-state index in [2.05, 4.69) is 53.4 Å². The lowest BCUT2D eigenvalue weighted by atomic mass is 10.0. The maximum atomic E-state index is 6.41. The number of nitrogens with one attached hydrogen (secondary N) is 1. The molecule has 0 unspecified atom stereocenters. The highest BCUT2D eigenvalue weighted by Crippen LogP contribution is 2.41. The number of benzene rings is 1. The van der Waals surface area contributed by atoms with E-state index in [-0.39, 0.29) is 0 Å². The Morgan fingerprint density at radius 3 is 2.52 bits per heavy atom. The van der Waals surface area contributed by atoms with Crippen LogP contribution in [0.1, 0.15) is 17.4 Å². The van der Waals surface area contributed by atoms with Gasteiger partial charge in [-0.3, -0.25) is 0 Å². The van der Waals surface area contributed by atoms with Crippen LogP contribution in [0.5, 0.6) is 0 Å². The Morgan fingerprint density at radius 1 is 1.19 bits per heavy atom. The number of halogens is 1. The summed E-state index contributed by atoms with van der Waals surface area (Å²) in [5.74, 6) is 0.562. The van der Waals surface area contributed by atoms with Crippen LogP contribution in [0.3, 0.4) is 0 Å². The standard InChI is InChI=1S/C16H16ClN3S/c1-4-11-12(10-7-5-9(2)6-8-10)13-14(17)19-16(18-3)20-15(13)21-11/h5-8H,4H2,1-3H3,(H,18,19,20). The maximum Gasteiger partial charge on any atom is 0.225 e. The second-order valence-corrected chi connectivity index (χ2v) is 6.33. The Kier molecular flexibility index (Phi) is 3.83. The summed E-state index contributed by atoms with van der Waals surface area (Å²) in [5.41, 5.74) is 3.59.